The van der Waals surface area contributed by atoms with Gasteiger partial charge in [-0.2, -0.15) is 0 Å². The number of nitrogens with zero attached hydrogens (tertiary/aromatic N) is 2. The molecule has 0 spiro atoms. The maximum Gasteiger partial charge on any atom is 0.274 e. The number of hydrogen-bond donors (Lipinski definition) is 0. The normalized spacial score (nSPS) is 17.4. The van der Waals surface area contributed by atoms with Gasteiger partial charge in [-0.3, -0.25) is 0 Å². The van der Waals surface area contributed by atoms with Gasteiger partial charge in [0, 0.05) is 13.1 Å². The zero-order valence-electron chi connectivity index (χ0n) is 14.2. The molecule has 0 unspecified atom stereocenters. The summed E-state index contributed by atoms with van der Waals surface area (Å²) in [6.45, 7) is 5.14. The lowest BCUT2D eigenvalue weighted by Crippen LogP contribution is -2.42. The van der Waals surface area contributed by atoms with Crippen molar-refractivity contribution in [1.29, 1.82) is 0 Å². The Morgan fingerprint density at radius 3 is 2.75 bits per heavy atom. The van der Waals surface area contributed by atoms with Gasteiger partial charge in [-0.1, -0.05) is 36.8 Å². The van der Waals surface area contributed by atoms with Gasteiger partial charge in [-0.05, 0) is 37.8 Å². The minimum atomic E-state index is -3.10. The maximum absolute atomic E-state index is 12.2. The number of para-hydroxylation sites is 1. The zero-order chi connectivity index (χ0) is 17.2. The third-order valence-corrected chi connectivity index (χ3v) is 7.29. The molecule has 2 aromatic rings. The van der Waals surface area contributed by atoms with E-state index in [0.717, 1.165) is 41.5 Å². The number of hydrogen-bond acceptors (Lipinski definition) is 5. The van der Waals surface area contributed by atoms with Crippen molar-refractivity contribution in [2.75, 3.05) is 18.8 Å². The fourth-order valence-corrected chi connectivity index (χ4v) is 5.58. The van der Waals surface area contributed by atoms with Crippen molar-refractivity contribution < 1.29 is 13.2 Å². The first-order chi connectivity index (χ1) is 11.5. The highest BCUT2D eigenvalue weighted by atomic mass is 32.2. The lowest BCUT2D eigenvalue weighted by molar-refractivity contribution is 0.135. The van der Waals surface area contributed by atoms with E-state index in [2.05, 4.69) is 11.1 Å². The monoisotopic (exact) mass is 368 g/mol. The molecule has 132 valence electrons. The van der Waals surface area contributed by atoms with E-state index in [-0.39, 0.29) is 11.9 Å². The highest BCUT2D eigenvalue weighted by molar-refractivity contribution is 7.89. The maximum atomic E-state index is 12.2. The van der Waals surface area contributed by atoms with Crippen molar-refractivity contribution in [2.45, 2.75) is 45.6 Å². The summed E-state index contributed by atoms with van der Waals surface area (Å²) in [5, 5.41) is 0.687. The molecule has 2 heterocycles. The Morgan fingerprint density at radius 2 is 2.08 bits per heavy atom. The topological polar surface area (TPSA) is 59.5 Å². The predicted octanol–water partition coefficient (Wildman–Crippen LogP) is 3.58. The standard InChI is InChI=1S/C17H24N2O3S2/c1-3-4-12-24(20,21)19-10-8-14(9-11-19)22-17-18-16-13(2)6-5-7-15(16)23-17/h5-7,14H,3-4,8-12H2,1-2H3. The number of aryl methyl sites for hydroxylation is 1. The van der Waals surface area contributed by atoms with Crippen LogP contribution in [0.2, 0.25) is 0 Å². The first-order valence-corrected chi connectivity index (χ1v) is 10.9. The summed E-state index contributed by atoms with van der Waals surface area (Å²) in [5.74, 6) is 0.256. The Bertz CT molecular complexity index is 793. The fraction of sp³-hybridized carbons (Fsp3) is 0.588. The highest BCUT2D eigenvalue weighted by Gasteiger charge is 2.28. The summed E-state index contributed by atoms with van der Waals surface area (Å²) in [5.41, 5.74) is 2.15. The van der Waals surface area contributed by atoms with Gasteiger partial charge in [-0.25, -0.2) is 17.7 Å². The molecule has 1 fully saturated rings. The third kappa shape index (κ3) is 3.90. The van der Waals surface area contributed by atoms with E-state index in [0.29, 0.717) is 18.3 Å². The SMILES string of the molecule is CCCCS(=O)(=O)N1CCC(Oc2nc3c(C)cccc3s2)CC1. The van der Waals surface area contributed by atoms with Crippen LogP contribution in [-0.2, 0) is 10.0 Å². The molecular weight excluding hydrogens is 344 g/mol. The van der Waals surface area contributed by atoms with E-state index >= 15 is 0 Å². The van der Waals surface area contributed by atoms with Crippen LogP contribution in [0, 0.1) is 6.92 Å². The number of sulfonamides is 1. The minimum absolute atomic E-state index is 0.0449. The summed E-state index contributed by atoms with van der Waals surface area (Å²) in [6, 6.07) is 6.13. The quantitative estimate of drug-likeness (QED) is 0.782. The van der Waals surface area contributed by atoms with Crippen LogP contribution in [0.5, 0.6) is 5.19 Å². The van der Waals surface area contributed by atoms with Crippen LogP contribution in [0.1, 0.15) is 38.2 Å². The van der Waals surface area contributed by atoms with Crippen LogP contribution in [0.25, 0.3) is 10.2 Å². The Kier molecular flexibility index (Phi) is 5.42. The number of fused-ring (bicyclic) bond motifs is 1. The number of piperidine rings is 1. The zero-order valence-corrected chi connectivity index (χ0v) is 15.8. The van der Waals surface area contributed by atoms with Crippen molar-refractivity contribution in [3.8, 4) is 5.19 Å². The Morgan fingerprint density at radius 1 is 1.33 bits per heavy atom. The van der Waals surface area contributed by atoms with Gasteiger partial charge in [-0.15, -0.1) is 0 Å². The van der Waals surface area contributed by atoms with Crippen molar-refractivity contribution in [1.82, 2.24) is 9.29 Å². The lowest BCUT2D eigenvalue weighted by atomic mass is 10.1. The van der Waals surface area contributed by atoms with Gasteiger partial charge < -0.3 is 4.74 Å². The van der Waals surface area contributed by atoms with Crippen LogP contribution in [0.15, 0.2) is 18.2 Å². The second kappa shape index (κ2) is 7.37. The van der Waals surface area contributed by atoms with Gasteiger partial charge in [0.05, 0.1) is 16.0 Å². The Labute approximate surface area is 147 Å². The summed E-state index contributed by atoms with van der Waals surface area (Å²) in [4.78, 5) is 4.58. The van der Waals surface area contributed by atoms with Gasteiger partial charge in [0.15, 0.2) is 0 Å². The lowest BCUT2D eigenvalue weighted by Gasteiger charge is -2.30. The predicted molar refractivity (Wildman–Crippen MR) is 98.3 cm³/mol. The first kappa shape index (κ1) is 17.6. The van der Waals surface area contributed by atoms with Crippen molar-refractivity contribution in [3.63, 3.8) is 0 Å². The number of thiazole rings is 1. The molecule has 0 amide bonds. The Balaban J connectivity index is 1.59. The second-order valence-electron chi connectivity index (χ2n) is 6.29. The second-order valence-corrected chi connectivity index (χ2v) is 9.37. The van der Waals surface area contributed by atoms with Crippen LogP contribution >= 0.6 is 11.3 Å². The number of unbranched alkanes of at least 4 members (excludes halogenated alkanes) is 1. The van der Waals surface area contributed by atoms with E-state index in [4.69, 9.17) is 4.74 Å². The van der Waals surface area contributed by atoms with Crippen molar-refractivity contribution in [2.24, 2.45) is 0 Å². The summed E-state index contributed by atoms with van der Waals surface area (Å²) >= 11 is 1.56. The molecule has 0 bridgehead atoms. The molecule has 24 heavy (non-hydrogen) atoms. The summed E-state index contributed by atoms with van der Waals surface area (Å²) < 4.78 is 33.2. The van der Waals surface area contributed by atoms with E-state index in [9.17, 15) is 8.42 Å². The number of aromatic nitrogens is 1. The average molecular weight is 369 g/mol. The molecule has 0 atom stereocenters. The molecule has 5 nitrogen and oxygen atoms in total. The fourth-order valence-electron chi connectivity index (χ4n) is 2.94. The summed E-state index contributed by atoms with van der Waals surface area (Å²) in [7, 11) is -3.10. The van der Waals surface area contributed by atoms with Crippen LogP contribution in [-0.4, -0.2) is 42.7 Å². The molecule has 1 aromatic carbocycles. The van der Waals surface area contributed by atoms with Crippen LogP contribution < -0.4 is 4.74 Å². The highest BCUT2D eigenvalue weighted by Crippen LogP contribution is 2.31. The molecule has 7 heteroatoms. The van der Waals surface area contributed by atoms with E-state index < -0.39 is 10.0 Å². The van der Waals surface area contributed by atoms with Gasteiger partial charge in [0.25, 0.3) is 5.19 Å². The molecular formula is C17H24N2O3S2. The molecule has 1 aliphatic heterocycles. The van der Waals surface area contributed by atoms with Crippen molar-refractivity contribution in [3.05, 3.63) is 23.8 Å². The van der Waals surface area contributed by atoms with Gasteiger partial charge >= 0.3 is 0 Å². The molecule has 0 N–H and O–H groups in total. The molecule has 1 aromatic heterocycles. The summed E-state index contributed by atoms with van der Waals surface area (Å²) in [6.07, 6.45) is 3.11. The van der Waals surface area contributed by atoms with Gasteiger partial charge in [0.2, 0.25) is 10.0 Å². The Hall–Kier alpha value is -1.18. The first-order valence-electron chi connectivity index (χ1n) is 8.50. The molecule has 0 radical (unpaired) electrons. The number of rotatable bonds is 6. The van der Waals surface area contributed by atoms with E-state index in [1.807, 2.05) is 26.0 Å². The van der Waals surface area contributed by atoms with Gasteiger partial charge in [0.1, 0.15) is 6.10 Å². The molecule has 0 saturated carbocycles. The van der Waals surface area contributed by atoms with E-state index in [1.165, 1.54) is 0 Å². The molecule has 1 saturated heterocycles. The average Bonchev–Trinajstić information content (AvgIpc) is 2.97. The van der Waals surface area contributed by atoms with E-state index in [1.54, 1.807) is 15.6 Å². The smallest absolute Gasteiger partial charge is 0.274 e. The largest absolute Gasteiger partial charge is 0.467 e. The van der Waals surface area contributed by atoms with Crippen molar-refractivity contribution >= 4 is 31.6 Å². The third-order valence-electron chi connectivity index (χ3n) is 4.42. The molecule has 1 aliphatic rings. The van der Waals surface area contributed by atoms with Crippen LogP contribution in [0.3, 0.4) is 0 Å². The molecule has 3 rings (SSSR count). The minimum Gasteiger partial charge on any atom is -0.467 e. The molecule has 0 aliphatic carbocycles. The number of ether oxygens (including phenoxy) is 1. The van der Waals surface area contributed by atoms with Crippen LogP contribution in [0.4, 0.5) is 0 Å². The number of benzene rings is 1.